The highest BCUT2D eigenvalue weighted by molar-refractivity contribution is 6.32. The summed E-state index contributed by atoms with van der Waals surface area (Å²) in [4.78, 5) is 0. The summed E-state index contributed by atoms with van der Waals surface area (Å²) < 4.78 is 13.6. The van der Waals surface area contributed by atoms with E-state index in [0.29, 0.717) is 5.56 Å². The Morgan fingerprint density at radius 2 is 2.20 bits per heavy atom. The second kappa shape index (κ2) is 4.79. The predicted molar refractivity (Wildman–Crippen MR) is 56.7 cm³/mol. The number of likely N-dealkylation sites (N-methyl/N-ethyl adjacent to an activating group) is 1. The van der Waals surface area contributed by atoms with Crippen molar-refractivity contribution in [2.45, 2.75) is 13.0 Å². The Labute approximate surface area is 92.5 Å². The Morgan fingerprint density at radius 3 is 2.73 bits per heavy atom. The quantitative estimate of drug-likeness (QED) is 0.746. The number of aromatic hydroxyl groups is 1. The maximum Gasteiger partial charge on any atom is 0.142 e. The third-order valence-corrected chi connectivity index (χ3v) is 2.43. The summed E-state index contributed by atoms with van der Waals surface area (Å²) in [5.74, 6) is -1.03. The molecule has 0 heterocycles. The van der Waals surface area contributed by atoms with Gasteiger partial charge in [-0.2, -0.15) is 0 Å². The van der Waals surface area contributed by atoms with Gasteiger partial charge < -0.3 is 15.5 Å². The van der Waals surface area contributed by atoms with Crippen LogP contribution < -0.4 is 5.32 Å². The largest absolute Gasteiger partial charge is 0.506 e. The van der Waals surface area contributed by atoms with Crippen LogP contribution in [0.2, 0.25) is 5.02 Å². The maximum atomic E-state index is 13.6. The summed E-state index contributed by atoms with van der Waals surface area (Å²) in [7, 11) is 1.62. The molecular formula is C10H13ClFNO2. The smallest absolute Gasteiger partial charge is 0.142 e. The number of aliphatic hydroxyl groups excluding tert-OH is 1. The van der Waals surface area contributed by atoms with Gasteiger partial charge in [0.2, 0.25) is 0 Å². The average molecular weight is 234 g/mol. The van der Waals surface area contributed by atoms with Crippen LogP contribution in [0.15, 0.2) is 6.07 Å². The van der Waals surface area contributed by atoms with Gasteiger partial charge in [-0.25, -0.2) is 4.39 Å². The summed E-state index contributed by atoms with van der Waals surface area (Å²) in [6.45, 7) is 1.67. The molecule has 3 N–H and O–H groups in total. The number of aryl methyl sites for hydroxylation is 1. The first-order valence-corrected chi connectivity index (χ1v) is 4.87. The topological polar surface area (TPSA) is 52.5 Å². The molecule has 0 saturated heterocycles. The van der Waals surface area contributed by atoms with Gasteiger partial charge in [-0.3, -0.25) is 0 Å². The van der Waals surface area contributed by atoms with E-state index in [1.165, 1.54) is 13.0 Å². The SMILES string of the molecule is CNCC(O)c1c(O)c(Cl)cc(C)c1F. The number of benzene rings is 1. The highest BCUT2D eigenvalue weighted by Crippen LogP contribution is 2.35. The van der Waals surface area contributed by atoms with Crippen LogP contribution in [-0.2, 0) is 0 Å². The van der Waals surface area contributed by atoms with Gasteiger partial charge in [0.25, 0.3) is 0 Å². The fourth-order valence-electron chi connectivity index (χ4n) is 1.37. The summed E-state index contributed by atoms with van der Waals surface area (Å²) in [6.07, 6.45) is -1.12. The van der Waals surface area contributed by atoms with E-state index in [-0.39, 0.29) is 17.1 Å². The molecule has 0 aliphatic carbocycles. The lowest BCUT2D eigenvalue weighted by atomic mass is 10.0. The fraction of sp³-hybridized carbons (Fsp3) is 0.400. The Balaban J connectivity index is 3.26. The van der Waals surface area contributed by atoms with Crippen molar-refractivity contribution in [2.75, 3.05) is 13.6 Å². The molecule has 0 aliphatic rings. The van der Waals surface area contributed by atoms with Gasteiger partial charge in [0, 0.05) is 6.54 Å². The lowest BCUT2D eigenvalue weighted by Crippen LogP contribution is -2.18. The van der Waals surface area contributed by atoms with Crippen LogP contribution in [0.1, 0.15) is 17.2 Å². The first-order chi connectivity index (χ1) is 6.99. The Hall–Kier alpha value is -0.840. The van der Waals surface area contributed by atoms with Gasteiger partial charge in [0.1, 0.15) is 11.6 Å². The van der Waals surface area contributed by atoms with E-state index in [1.54, 1.807) is 7.05 Å². The number of nitrogens with one attached hydrogen (secondary N) is 1. The van der Waals surface area contributed by atoms with Crippen molar-refractivity contribution in [1.29, 1.82) is 0 Å². The van der Waals surface area contributed by atoms with Crippen molar-refractivity contribution in [2.24, 2.45) is 0 Å². The number of phenolic OH excluding ortho intramolecular Hbond substituents is 1. The molecule has 3 nitrogen and oxygen atoms in total. The average Bonchev–Trinajstić information content (AvgIpc) is 2.16. The van der Waals surface area contributed by atoms with Gasteiger partial charge in [0.15, 0.2) is 0 Å². The minimum atomic E-state index is -1.12. The number of hydrogen-bond donors (Lipinski definition) is 3. The third-order valence-electron chi connectivity index (χ3n) is 2.14. The van der Waals surface area contributed by atoms with E-state index in [4.69, 9.17) is 11.6 Å². The zero-order valence-electron chi connectivity index (χ0n) is 8.51. The lowest BCUT2D eigenvalue weighted by molar-refractivity contribution is 0.168. The van der Waals surface area contributed by atoms with Crippen LogP contribution in [0.25, 0.3) is 0 Å². The zero-order valence-corrected chi connectivity index (χ0v) is 9.27. The molecule has 1 rings (SSSR count). The van der Waals surface area contributed by atoms with Gasteiger partial charge in [0.05, 0.1) is 16.7 Å². The first kappa shape index (κ1) is 12.2. The molecule has 0 radical (unpaired) electrons. The summed E-state index contributed by atoms with van der Waals surface area (Å²) in [6, 6.07) is 1.32. The molecule has 1 unspecified atom stereocenters. The van der Waals surface area contributed by atoms with Crippen LogP contribution in [0.4, 0.5) is 4.39 Å². The minimum Gasteiger partial charge on any atom is -0.506 e. The predicted octanol–water partition coefficient (Wildman–Crippen LogP) is 1.75. The normalized spacial score (nSPS) is 12.9. The molecule has 1 atom stereocenters. The van der Waals surface area contributed by atoms with E-state index in [9.17, 15) is 14.6 Å². The van der Waals surface area contributed by atoms with Crippen LogP contribution in [0, 0.1) is 12.7 Å². The molecule has 0 aliphatic heterocycles. The van der Waals surface area contributed by atoms with Crippen molar-refractivity contribution >= 4 is 11.6 Å². The molecule has 0 fully saturated rings. The number of halogens is 2. The zero-order chi connectivity index (χ0) is 11.6. The van der Waals surface area contributed by atoms with Gasteiger partial charge in [-0.1, -0.05) is 11.6 Å². The number of aliphatic hydroxyl groups is 1. The number of hydrogen-bond acceptors (Lipinski definition) is 3. The van der Waals surface area contributed by atoms with Crippen molar-refractivity contribution < 1.29 is 14.6 Å². The van der Waals surface area contributed by atoms with Crippen LogP contribution >= 0.6 is 11.6 Å². The minimum absolute atomic E-state index is 0.0408. The summed E-state index contributed by atoms with van der Waals surface area (Å²) in [5, 5.41) is 21.9. The summed E-state index contributed by atoms with van der Waals surface area (Å²) in [5.41, 5.74) is 0.136. The van der Waals surface area contributed by atoms with Crippen molar-refractivity contribution in [3.8, 4) is 5.75 Å². The molecule has 5 heteroatoms. The molecule has 84 valence electrons. The standard InChI is InChI=1S/C10H13ClFNO2/c1-5-3-6(11)10(15)8(9(5)12)7(14)4-13-2/h3,7,13-15H,4H2,1-2H3. The molecule has 0 bridgehead atoms. The molecule has 1 aromatic carbocycles. The van der Waals surface area contributed by atoms with Gasteiger partial charge in [-0.15, -0.1) is 0 Å². The second-order valence-electron chi connectivity index (χ2n) is 3.33. The van der Waals surface area contributed by atoms with Crippen molar-refractivity contribution in [1.82, 2.24) is 5.32 Å². The summed E-state index contributed by atoms with van der Waals surface area (Å²) >= 11 is 5.69. The van der Waals surface area contributed by atoms with Crippen LogP contribution in [0.3, 0.4) is 0 Å². The second-order valence-corrected chi connectivity index (χ2v) is 3.73. The van der Waals surface area contributed by atoms with Crippen molar-refractivity contribution in [3.63, 3.8) is 0 Å². The molecule has 15 heavy (non-hydrogen) atoms. The first-order valence-electron chi connectivity index (χ1n) is 4.49. The van der Waals surface area contributed by atoms with E-state index < -0.39 is 17.7 Å². The molecule has 0 spiro atoms. The fourth-order valence-corrected chi connectivity index (χ4v) is 1.63. The van der Waals surface area contributed by atoms with E-state index >= 15 is 0 Å². The van der Waals surface area contributed by atoms with Crippen molar-refractivity contribution in [3.05, 3.63) is 28.0 Å². The highest BCUT2D eigenvalue weighted by atomic mass is 35.5. The van der Waals surface area contributed by atoms with Crippen LogP contribution in [-0.4, -0.2) is 23.8 Å². The molecule has 0 saturated carbocycles. The lowest BCUT2D eigenvalue weighted by Gasteiger charge is -2.15. The van der Waals surface area contributed by atoms with Crippen LogP contribution in [0.5, 0.6) is 5.75 Å². The molecule has 1 aromatic rings. The Bertz CT molecular complexity index is 345. The van der Waals surface area contributed by atoms with E-state index in [0.717, 1.165) is 0 Å². The number of phenols is 1. The number of rotatable bonds is 3. The highest BCUT2D eigenvalue weighted by Gasteiger charge is 2.21. The molecular weight excluding hydrogens is 221 g/mol. The van der Waals surface area contributed by atoms with Gasteiger partial charge in [-0.05, 0) is 25.6 Å². The van der Waals surface area contributed by atoms with E-state index in [1.807, 2.05) is 0 Å². The third kappa shape index (κ3) is 2.40. The Morgan fingerprint density at radius 1 is 1.60 bits per heavy atom. The molecule has 0 aromatic heterocycles. The van der Waals surface area contributed by atoms with E-state index in [2.05, 4.69) is 5.32 Å². The monoisotopic (exact) mass is 233 g/mol. The Kier molecular flexibility index (Phi) is 3.90. The maximum absolute atomic E-state index is 13.6. The van der Waals surface area contributed by atoms with Gasteiger partial charge >= 0.3 is 0 Å². The molecule has 0 amide bonds.